The van der Waals surface area contributed by atoms with Crippen LogP contribution in [0.2, 0.25) is 0 Å². The number of carbonyl (C=O) groups excluding carboxylic acids is 2. The SMILES string of the molecule is CC(=O)NCC1CN(c2ccc(-c3ccc(C=NO)cc3)c(F)c2)C(=O)O1. The minimum atomic E-state index is -0.579. The number of halogens is 1. The third kappa shape index (κ3) is 4.22. The lowest BCUT2D eigenvalue weighted by molar-refractivity contribution is -0.119. The van der Waals surface area contributed by atoms with Gasteiger partial charge in [-0.05, 0) is 29.3 Å². The fraction of sp³-hybridized carbons (Fsp3) is 0.211. The number of ether oxygens (including phenoxy) is 1. The van der Waals surface area contributed by atoms with Gasteiger partial charge in [0.2, 0.25) is 5.91 Å². The fourth-order valence-electron chi connectivity index (χ4n) is 2.82. The van der Waals surface area contributed by atoms with Crippen molar-refractivity contribution in [3.63, 3.8) is 0 Å². The van der Waals surface area contributed by atoms with Gasteiger partial charge in [0, 0.05) is 12.5 Å². The average molecular weight is 371 g/mol. The molecule has 27 heavy (non-hydrogen) atoms. The van der Waals surface area contributed by atoms with Crippen LogP contribution in [0.15, 0.2) is 47.6 Å². The van der Waals surface area contributed by atoms with Crippen LogP contribution in [0.3, 0.4) is 0 Å². The summed E-state index contributed by atoms with van der Waals surface area (Å²) in [6.45, 7) is 1.82. The lowest BCUT2D eigenvalue weighted by Crippen LogP contribution is -2.33. The largest absolute Gasteiger partial charge is 0.442 e. The maximum atomic E-state index is 14.6. The Morgan fingerprint density at radius 1 is 1.37 bits per heavy atom. The zero-order valence-corrected chi connectivity index (χ0v) is 14.6. The molecule has 2 N–H and O–H groups in total. The number of benzene rings is 2. The number of oxime groups is 1. The smallest absolute Gasteiger partial charge is 0.414 e. The quantitative estimate of drug-likeness (QED) is 0.480. The molecule has 1 saturated heterocycles. The van der Waals surface area contributed by atoms with E-state index >= 15 is 0 Å². The molecule has 0 aliphatic carbocycles. The van der Waals surface area contributed by atoms with Crippen molar-refractivity contribution in [1.29, 1.82) is 0 Å². The molecule has 1 unspecified atom stereocenters. The van der Waals surface area contributed by atoms with Gasteiger partial charge in [-0.2, -0.15) is 0 Å². The maximum absolute atomic E-state index is 14.6. The second-order valence-corrected chi connectivity index (χ2v) is 6.08. The Bertz CT molecular complexity index is 883. The van der Waals surface area contributed by atoms with Crippen LogP contribution >= 0.6 is 0 Å². The Morgan fingerprint density at radius 3 is 2.74 bits per heavy atom. The van der Waals surface area contributed by atoms with E-state index in [4.69, 9.17) is 9.94 Å². The topological polar surface area (TPSA) is 91.2 Å². The number of carbonyl (C=O) groups is 2. The highest BCUT2D eigenvalue weighted by Crippen LogP contribution is 2.29. The molecule has 0 saturated carbocycles. The number of amides is 2. The highest BCUT2D eigenvalue weighted by molar-refractivity contribution is 5.90. The Kier molecular flexibility index (Phi) is 5.35. The molecule has 2 amide bonds. The van der Waals surface area contributed by atoms with E-state index in [2.05, 4.69) is 10.5 Å². The number of nitrogens with zero attached hydrogens (tertiary/aromatic N) is 2. The van der Waals surface area contributed by atoms with Crippen LogP contribution in [0, 0.1) is 5.82 Å². The van der Waals surface area contributed by atoms with Crippen LogP contribution < -0.4 is 10.2 Å². The van der Waals surface area contributed by atoms with Crippen molar-refractivity contribution in [3.8, 4) is 11.1 Å². The zero-order valence-electron chi connectivity index (χ0n) is 14.6. The molecule has 1 aliphatic rings. The molecule has 3 rings (SSSR count). The highest BCUT2D eigenvalue weighted by atomic mass is 19.1. The van der Waals surface area contributed by atoms with Crippen molar-refractivity contribution in [1.82, 2.24) is 5.32 Å². The van der Waals surface area contributed by atoms with E-state index in [1.54, 1.807) is 36.4 Å². The van der Waals surface area contributed by atoms with E-state index in [9.17, 15) is 14.0 Å². The molecule has 8 heteroatoms. The standard InChI is InChI=1S/C19H18FN3O4/c1-12(24)21-10-16-11-23(19(25)27-16)15-6-7-17(18(20)8-15)14-4-2-13(3-5-14)9-22-26/h2-9,16,26H,10-11H2,1H3,(H,21,24). The molecule has 7 nitrogen and oxygen atoms in total. The molecular formula is C19H18FN3O4. The van der Waals surface area contributed by atoms with Crippen molar-refractivity contribution in [2.24, 2.45) is 5.16 Å². The van der Waals surface area contributed by atoms with Gasteiger partial charge >= 0.3 is 6.09 Å². The Balaban J connectivity index is 1.76. The van der Waals surface area contributed by atoms with Gasteiger partial charge in [0.1, 0.15) is 11.9 Å². The summed E-state index contributed by atoms with van der Waals surface area (Å²) in [5.41, 5.74) is 2.11. The fourth-order valence-corrected chi connectivity index (χ4v) is 2.82. The number of hydrogen-bond donors (Lipinski definition) is 2. The summed E-state index contributed by atoms with van der Waals surface area (Å²) in [7, 11) is 0. The minimum absolute atomic E-state index is 0.210. The molecule has 0 radical (unpaired) electrons. The van der Waals surface area contributed by atoms with Crippen molar-refractivity contribution >= 4 is 23.9 Å². The first kappa shape index (κ1) is 18.4. The summed E-state index contributed by atoms with van der Waals surface area (Å²) < 4.78 is 19.8. The Labute approximate surface area is 155 Å². The van der Waals surface area contributed by atoms with Gasteiger partial charge in [-0.1, -0.05) is 29.4 Å². The van der Waals surface area contributed by atoms with Crippen molar-refractivity contribution in [3.05, 3.63) is 53.8 Å². The van der Waals surface area contributed by atoms with E-state index < -0.39 is 18.0 Å². The monoisotopic (exact) mass is 371 g/mol. The molecule has 1 heterocycles. The Morgan fingerprint density at radius 2 is 2.11 bits per heavy atom. The first-order chi connectivity index (χ1) is 13.0. The molecule has 1 atom stereocenters. The van der Waals surface area contributed by atoms with Gasteiger partial charge < -0.3 is 15.3 Å². The minimum Gasteiger partial charge on any atom is -0.442 e. The van der Waals surface area contributed by atoms with E-state index in [0.29, 0.717) is 22.4 Å². The lowest BCUT2D eigenvalue weighted by Gasteiger charge is -2.14. The summed E-state index contributed by atoms with van der Waals surface area (Å²) >= 11 is 0. The first-order valence-electron chi connectivity index (χ1n) is 8.28. The molecule has 2 aromatic carbocycles. The van der Waals surface area contributed by atoms with Crippen LogP contribution in [0.25, 0.3) is 11.1 Å². The van der Waals surface area contributed by atoms with Gasteiger partial charge in [0.15, 0.2) is 0 Å². The van der Waals surface area contributed by atoms with Crippen LogP contribution in [0.1, 0.15) is 12.5 Å². The maximum Gasteiger partial charge on any atom is 0.414 e. The van der Waals surface area contributed by atoms with Crippen LogP contribution in [-0.4, -0.2) is 42.6 Å². The normalized spacial score (nSPS) is 16.6. The molecule has 1 aliphatic heterocycles. The number of cyclic esters (lactones) is 1. The third-order valence-electron chi connectivity index (χ3n) is 4.15. The second kappa shape index (κ2) is 7.86. The molecular weight excluding hydrogens is 353 g/mol. The van der Waals surface area contributed by atoms with Crippen molar-refractivity contribution in [2.45, 2.75) is 13.0 Å². The summed E-state index contributed by atoms with van der Waals surface area (Å²) in [4.78, 5) is 24.3. The van der Waals surface area contributed by atoms with E-state index in [0.717, 1.165) is 0 Å². The number of hydrogen-bond acceptors (Lipinski definition) is 5. The zero-order chi connectivity index (χ0) is 19.4. The van der Waals surface area contributed by atoms with Gasteiger partial charge in [-0.15, -0.1) is 0 Å². The molecule has 140 valence electrons. The molecule has 0 bridgehead atoms. The molecule has 0 spiro atoms. The van der Waals surface area contributed by atoms with Gasteiger partial charge in [0.25, 0.3) is 0 Å². The van der Waals surface area contributed by atoms with Crippen molar-refractivity contribution in [2.75, 3.05) is 18.0 Å². The predicted molar refractivity (Wildman–Crippen MR) is 97.5 cm³/mol. The van der Waals surface area contributed by atoms with Gasteiger partial charge in [0.05, 0.1) is 25.0 Å². The van der Waals surface area contributed by atoms with Crippen LogP contribution in [0.5, 0.6) is 0 Å². The average Bonchev–Trinajstić information content (AvgIpc) is 3.02. The summed E-state index contributed by atoms with van der Waals surface area (Å²) in [6.07, 6.45) is 0.217. The number of anilines is 1. The molecule has 2 aromatic rings. The first-order valence-corrected chi connectivity index (χ1v) is 8.28. The lowest BCUT2D eigenvalue weighted by atomic mass is 10.0. The number of nitrogens with one attached hydrogen (secondary N) is 1. The molecule has 1 fully saturated rings. The Hall–Kier alpha value is -3.42. The third-order valence-corrected chi connectivity index (χ3v) is 4.15. The summed E-state index contributed by atoms with van der Waals surface area (Å²) in [6, 6.07) is 11.3. The van der Waals surface area contributed by atoms with E-state index in [1.165, 1.54) is 24.1 Å². The molecule has 0 aromatic heterocycles. The van der Waals surface area contributed by atoms with Crippen LogP contribution in [-0.2, 0) is 9.53 Å². The highest BCUT2D eigenvalue weighted by Gasteiger charge is 2.32. The summed E-state index contributed by atoms with van der Waals surface area (Å²) in [5.74, 6) is -0.689. The van der Waals surface area contributed by atoms with Crippen molar-refractivity contribution < 1.29 is 23.9 Å². The van der Waals surface area contributed by atoms with E-state index in [-0.39, 0.29) is 19.0 Å². The van der Waals surface area contributed by atoms with Gasteiger partial charge in [-0.25, -0.2) is 9.18 Å². The second-order valence-electron chi connectivity index (χ2n) is 6.08. The van der Waals surface area contributed by atoms with Gasteiger partial charge in [-0.3, -0.25) is 9.69 Å². The van der Waals surface area contributed by atoms with E-state index in [1.807, 2.05) is 0 Å². The predicted octanol–water partition coefficient (Wildman–Crippen LogP) is 2.76. The summed E-state index contributed by atoms with van der Waals surface area (Å²) in [5, 5.41) is 14.1. The van der Waals surface area contributed by atoms with Crippen LogP contribution in [0.4, 0.5) is 14.9 Å². The number of rotatable bonds is 5.